The minimum atomic E-state index is -0.336. The Balaban J connectivity index is 1.46. The molecule has 0 atom stereocenters. The largest absolute Gasteiger partial charge is 0.497 e. The zero-order chi connectivity index (χ0) is 23.2. The number of amides is 2. The van der Waals surface area contributed by atoms with Gasteiger partial charge in [0.25, 0.3) is 0 Å². The summed E-state index contributed by atoms with van der Waals surface area (Å²) in [6.07, 6.45) is 1.24. The normalized spacial score (nSPS) is 13.8. The molecule has 0 N–H and O–H groups in total. The van der Waals surface area contributed by atoms with E-state index in [-0.39, 0.29) is 17.8 Å². The molecule has 11 heteroatoms. The second-order valence-electron chi connectivity index (χ2n) is 7.17. The smallest absolute Gasteiger partial charge is 0.409 e. The average molecular weight is 472 g/mol. The number of nitrogens with zero attached hydrogens (tertiary/aromatic N) is 5. The number of methoxy groups -OCH3 is 1. The Morgan fingerprint density at radius 3 is 2.42 bits per heavy atom. The SMILES string of the molecule is CCOC(=O)N1CCN(C(=O)CSc2nnc(-c3ccco3)n2-c2ccc(OC)cc2)CC1. The summed E-state index contributed by atoms with van der Waals surface area (Å²) in [6, 6.07) is 11.1. The van der Waals surface area contributed by atoms with Crippen LogP contribution in [-0.4, -0.2) is 82.2 Å². The van der Waals surface area contributed by atoms with Crippen molar-refractivity contribution >= 4 is 23.8 Å². The van der Waals surface area contributed by atoms with E-state index in [0.717, 1.165) is 11.4 Å². The summed E-state index contributed by atoms with van der Waals surface area (Å²) in [5, 5.41) is 9.18. The first kappa shape index (κ1) is 22.7. The summed E-state index contributed by atoms with van der Waals surface area (Å²) in [7, 11) is 1.61. The highest BCUT2D eigenvalue weighted by Crippen LogP contribution is 2.29. The average Bonchev–Trinajstić information content (AvgIpc) is 3.53. The lowest BCUT2D eigenvalue weighted by atomic mass is 10.3. The molecule has 1 saturated heterocycles. The van der Waals surface area contributed by atoms with E-state index in [2.05, 4.69) is 10.2 Å². The Bertz CT molecular complexity index is 1080. The van der Waals surface area contributed by atoms with Crippen LogP contribution in [0.25, 0.3) is 17.3 Å². The van der Waals surface area contributed by atoms with Crippen LogP contribution in [0, 0.1) is 0 Å². The maximum absolute atomic E-state index is 12.8. The van der Waals surface area contributed by atoms with Gasteiger partial charge in [-0.3, -0.25) is 9.36 Å². The molecule has 0 bridgehead atoms. The Morgan fingerprint density at radius 2 is 1.79 bits per heavy atom. The molecule has 0 spiro atoms. The van der Waals surface area contributed by atoms with Gasteiger partial charge in [0.15, 0.2) is 10.9 Å². The molecule has 1 aliphatic rings. The molecule has 33 heavy (non-hydrogen) atoms. The number of rotatable bonds is 7. The van der Waals surface area contributed by atoms with Crippen LogP contribution in [0.5, 0.6) is 5.75 Å². The fourth-order valence-corrected chi connectivity index (χ4v) is 4.32. The van der Waals surface area contributed by atoms with Gasteiger partial charge in [0.1, 0.15) is 5.75 Å². The van der Waals surface area contributed by atoms with E-state index in [4.69, 9.17) is 13.9 Å². The van der Waals surface area contributed by atoms with E-state index in [0.29, 0.717) is 49.5 Å². The van der Waals surface area contributed by atoms with E-state index in [1.54, 1.807) is 36.2 Å². The van der Waals surface area contributed by atoms with Crippen molar-refractivity contribution in [3.8, 4) is 23.0 Å². The van der Waals surface area contributed by atoms with Crippen molar-refractivity contribution in [1.82, 2.24) is 24.6 Å². The fraction of sp³-hybridized carbons (Fsp3) is 0.364. The number of aromatic nitrogens is 3. The number of benzene rings is 1. The number of carbonyl (C=O) groups is 2. The van der Waals surface area contributed by atoms with Gasteiger partial charge in [-0.2, -0.15) is 0 Å². The van der Waals surface area contributed by atoms with Gasteiger partial charge in [-0.25, -0.2) is 4.79 Å². The maximum Gasteiger partial charge on any atom is 0.409 e. The van der Waals surface area contributed by atoms with Crippen LogP contribution in [-0.2, 0) is 9.53 Å². The number of carbonyl (C=O) groups excluding carboxylic acids is 2. The second kappa shape index (κ2) is 10.4. The summed E-state index contributed by atoms with van der Waals surface area (Å²) < 4.78 is 17.7. The first-order valence-corrected chi connectivity index (χ1v) is 11.5. The lowest BCUT2D eigenvalue weighted by molar-refractivity contribution is -0.129. The first-order valence-electron chi connectivity index (χ1n) is 10.6. The summed E-state index contributed by atoms with van der Waals surface area (Å²) in [4.78, 5) is 28.1. The Labute approximate surface area is 195 Å². The number of thioether (sulfide) groups is 1. The standard InChI is InChI=1S/C22H25N5O5S/c1-3-31-22(29)26-12-10-25(11-13-26)19(28)15-33-21-24-23-20(18-5-4-14-32-18)27(21)16-6-8-17(30-2)9-7-16/h4-9,14H,3,10-13,15H2,1-2H3. The highest BCUT2D eigenvalue weighted by Gasteiger charge is 2.26. The zero-order valence-corrected chi connectivity index (χ0v) is 19.3. The molecular weight excluding hydrogens is 446 g/mol. The molecule has 0 aliphatic carbocycles. The molecule has 10 nitrogen and oxygen atoms in total. The Hall–Kier alpha value is -3.47. The molecule has 0 saturated carbocycles. The molecule has 1 aliphatic heterocycles. The van der Waals surface area contributed by atoms with Crippen molar-refractivity contribution in [1.29, 1.82) is 0 Å². The van der Waals surface area contributed by atoms with Crippen LogP contribution in [0.15, 0.2) is 52.2 Å². The lowest BCUT2D eigenvalue weighted by Gasteiger charge is -2.34. The van der Waals surface area contributed by atoms with Crippen LogP contribution in [0.1, 0.15) is 6.92 Å². The van der Waals surface area contributed by atoms with E-state index in [9.17, 15) is 9.59 Å². The zero-order valence-electron chi connectivity index (χ0n) is 18.5. The van der Waals surface area contributed by atoms with Gasteiger partial charge in [-0.15, -0.1) is 10.2 Å². The summed E-state index contributed by atoms with van der Waals surface area (Å²) >= 11 is 1.31. The highest BCUT2D eigenvalue weighted by molar-refractivity contribution is 7.99. The van der Waals surface area contributed by atoms with Crippen molar-refractivity contribution in [2.75, 3.05) is 45.6 Å². The molecule has 2 amide bonds. The van der Waals surface area contributed by atoms with Gasteiger partial charge in [-0.05, 0) is 43.3 Å². The summed E-state index contributed by atoms with van der Waals surface area (Å²) in [5.74, 6) is 2.03. The molecule has 3 heterocycles. The third-order valence-electron chi connectivity index (χ3n) is 5.19. The van der Waals surface area contributed by atoms with Gasteiger partial charge >= 0.3 is 6.09 Å². The van der Waals surface area contributed by atoms with Gasteiger partial charge < -0.3 is 23.7 Å². The van der Waals surface area contributed by atoms with Crippen LogP contribution in [0.4, 0.5) is 4.79 Å². The molecule has 1 fully saturated rings. The van der Waals surface area contributed by atoms with Crippen molar-refractivity contribution < 1.29 is 23.5 Å². The number of hydrogen-bond donors (Lipinski definition) is 0. The third kappa shape index (κ3) is 5.14. The predicted octanol–water partition coefficient (Wildman–Crippen LogP) is 2.93. The highest BCUT2D eigenvalue weighted by atomic mass is 32.2. The molecule has 3 aromatic rings. The quantitative estimate of drug-likeness (QED) is 0.485. The van der Waals surface area contributed by atoms with Gasteiger partial charge in [0, 0.05) is 26.2 Å². The van der Waals surface area contributed by atoms with E-state index in [1.807, 2.05) is 34.9 Å². The van der Waals surface area contributed by atoms with Gasteiger partial charge in [0.2, 0.25) is 11.7 Å². The molecule has 0 radical (unpaired) electrons. The van der Waals surface area contributed by atoms with Gasteiger partial charge in [0.05, 0.1) is 31.4 Å². The van der Waals surface area contributed by atoms with Crippen molar-refractivity contribution in [3.05, 3.63) is 42.7 Å². The summed E-state index contributed by atoms with van der Waals surface area (Å²) in [6.45, 7) is 3.97. The molecule has 1 aromatic carbocycles. The minimum Gasteiger partial charge on any atom is -0.497 e. The van der Waals surface area contributed by atoms with E-state index >= 15 is 0 Å². The monoisotopic (exact) mass is 471 g/mol. The molecule has 2 aromatic heterocycles. The van der Waals surface area contributed by atoms with E-state index < -0.39 is 0 Å². The van der Waals surface area contributed by atoms with Crippen molar-refractivity contribution in [2.45, 2.75) is 12.1 Å². The topological polar surface area (TPSA) is 103 Å². The van der Waals surface area contributed by atoms with Crippen LogP contribution < -0.4 is 4.74 Å². The van der Waals surface area contributed by atoms with E-state index in [1.165, 1.54) is 11.8 Å². The predicted molar refractivity (Wildman–Crippen MR) is 122 cm³/mol. The third-order valence-corrected chi connectivity index (χ3v) is 6.10. The Kier molecular flexibility index (Phi) is 7.18. The van der Waals surface area contributed by atoms with Crippen LogP contribution >= 0.6 is 11.8 Å². The second-order valence-corrected chi connectivity index (χ2v) is 8.11. The molecule has 174 valence electrons. The van der Waals surface area contributed by atoms with Crippen molar-refractivity contribution in [2.24, 2.45) is 0 Å². The number of ether oxygens (including phenoxy) is 2. The number of hydrogen-bond acceptors (Lipinski definition) is 8. The fourth-order valence-electron chi connectivity index (χ4n) is 3.46. The minimum absolute atomic E-state index is 0.0210. The van der Waals surface area contributed by atoms with Crippen molar-refractivity contribution in [3.63, 3.8) is 0 Å². The Morgan fingerprint density at radius 1 is 1.06 bits per heavy atom. The number of piperazine rings is 1. The molecule has 4 rings (SSSR count). The van der Waals surface area contributed by atoms with Gasteiger partial charge in [-0.1, -0.05) is 11.8 Å². The van der Waals surface area contributed by atoms with Crippen LogP contribution in [0.3, 0.4) is 0 Å². The van der Waals surface area contributed by atoms with Crippen LogP contribution in [0.2, 0.25) is 0 Å². The maximum atomic E-state index is 12.8. The number of furan rings is 1. The lowest BCUT2D eigenvalue weighted by Crippen LogP contribution is -2.51. The molecular formula is C22H25N5O5S. The molecule has 0 unspecified atom stereocenters. The first-order chi connectivity index (χ1) is 16.1. The summed E-state index contributed by atoms with van der Waals surface area (Å²) in [5.41, 5.74) is 0.824.